The maximum absolute atomic E-state index is 11.8. The smallest absolute Gasteiger partial charge is 0.272 e. The van der Waals surface area contributed by atoms with E-state index in [1.165, 1.54) is 18.3 Å². The van der Waals surface area contributed by atoms with E-state index in [-0.39, 0.29) is 17.3 Å². The number of hydrogen-bond donors (Lipinski definition) is 2. The zero-order chi connectivity index (χ0) is 11.3. The number of aromatic nitrogens is 1. The summed E-state index contributed by atoms with van der Waals surface area (Å²) in [5.41, 5.74) is 5.48. The second-order valence-corrected chi connectivity index (χ2v) is 2.57. The van der Waals surface area contributed by atoms with Crippen molar-refractivity contribution in [3.8, 4) is 5.75 Å². The summed E-state index contributed by atoms with van der Waals surface area (Å²) < 4.78 is 28.2. The molecule has 0 amide bonds. The molecule has 0 atom stereocenters. The lowest BCUT2D eigenvalue weighted by Gasteiger charge is -2.04. The van der Waals surface area contributed by atoms with Crippen LogP contribution in [0.15, 0.2) is 23.5 Å². The molecule has 0 aliphatic carbocycles. The Morgan fingerprint density at radius 3 is 2.80 bits per heavy atom. The molecule has 0 bridgehead atoms. The van der Waals surface area contributed by atoms with Gasteiger partial charge in [0.2, 0.25) is 0 Å². The molecule has 15 heavy (non-hydrogen) atoms. The quantitative estimate of drug-likeness (QED) is 0.338. The Bertz CT molecular complexity index is 340. The first-order valence-electron chi connectivity index (χ1n) is 3.98. The van der Waals surface area contributed by atoms with Crippen molar-refractivity contribution >= 4 is 5.84 Å². The summed E-state index contributed by atoms with van der Waals surface area (Å²) >= 11 is 0. The number of hydrogen-bond acceptors (Lipinski definition) is 4. The zero-order valence-electron chi connectivity index (χ0n) is 7.60. The maximum Gasteiger partial charge on any atom is 0.272 e. The van der Waals surface area contributed by atoms with E-state index >= 15 is 0 Å². The minimum absolute atomic E-state index is 0.157. The van der Waals surface area contributed by atoms with Crippen LogP contribution in [0.3, 0.4) is 0 Å². The van der Waals surface area contributed by atoms with Crippen molar-refractivity contribution in [3.05, 3.63) is 24.0 Å². The molecule has 5 nitrogen and oxygen atoms in total. The summed E-state index contributed by atoms with van der Waals surface area (Å²) in [6.45, 7) is -0.690. The first kappa shape index (κ1) is 11.2. The molecule has 82 valence electrons. The van der Waals surface area contributed by atoms with E-state index in [1.807, 2.05) is 0 Å². The van der Waals surface area contributed by atoms with Crippen LogP contribution in [0.4, 0.5) is 8.78 Å². The summed E-state index contributed by atoms with van der Waals surface area (Å²) in [4.78, 5) is 3.74. The fourth-order valence-electron chi connectivity index (χ4n) is 0.828. The van der Waals surface area contributed by atoms with Crippen LogP contribution in [0, 0.1) is 0 Å². The van der Waals surface area contributed by atoms with Crippen LogP contribution in [0.1, 0.15) is 5.69 Å². The van der Waals surface area contributed by atoms with Crippen LogP contribution in [0.25, 0.3) is 0 Å². The van der Waals surface area contributed by atoms with Crippen molar-refractivity contribution in [1.82, 2.24) is 4.98 Å². The summed E-state index contributed by atoms with van der Waals surface area (Å²) in [7, 11) is 0. The highest BCUT2D eigenvalue weighted by Crippen LogP contribution is 2.10. The minimum Gasteiger partial charge on any atom is -0.486 e. The van der Waals surface area contributed by atoms with Gasteiger partial charge in [0.25, 0.3) is 6.43 Å². The lowest BCUT2D eigenvalue weighted by molar-refractivity contribution is 0.0817. The highest BCUT2D eigenvalue weighted by atomic mass is 19.3. The maximum atomic E-state index is 11.8. The van der Waals surface area contributed by atoms with E-state index < -0.39 is 13.0 Å². The Morgan fingerprint density at radius 2 is 2.33 bits per heavy atom. The second kappa shape index (κ2) is 5.08. The van der Waals surface area contributed by atoms with E-state index in [0.29, 0.717) is 0 Å². The number of alkyl halides is 2. The molecular formula is C8H9F2N3O2. The Balaban J connectivity index is 2.64. The Morgan fingerprint density at radius 1 is 1.60 bits per heavy atom. The van der Waals surface area contributed by atoms with E-state index in [9.17, 15) is 8.78 Å². The molecule has 0 aliphatic heterocycles. The average Bonchev–Trinajstić information content (AvgIpc) is 2.26. The van der Waals surface area contributed by atoms with Gasteiger partial charge in [-0.1, -0.05) is 5.16 Å². The van der Waals surface area contributed by atoms with Crippen LogP contribution in [-0.2, 0) is 0 Å². The van der Waals surface area contributed by atoms with Crippen LogP contribution in [-0.4, -0.2) is 29.1 Å². The molecule has 3 N–H and O–H groups in total. The van der Waals surface area contributed by atoms with Gasteiger partial charge in [0.1, 0.15) is 18.1 Å². The first-order chi connectivity index (χ1) is 7.13. The number of rotatable bonds is 4. The van der Waals surface area contributed by atoms with Crippen molar-refractivity contribution in [1.29, 1.82) is 0 Å². The zero-order valence-corrected chi connectivity index (χ0v) is 7.60. The molecule has 0 spiro atoms. The van der Waals surface area contributed by atoms with Crippen LogP contribution >= 0.6 is 0 Å². The van der Waals surface area contributed by atoms with Crippen molar-refractivity contribution < 1.29 is 18.7 Å². The van der Waals surface area contributed by atoms with Crippen molar-refractivity contribution in [2.24, 2.45) is 10.9 Å². The van der Waals surface area contributed by atoms with Crippen molar-refractivity contribution in [2.75, 3.05) is 6.61 Å². The molecule has 0 unspecified atom stereocenters. The second-order valence-electron chi connectivity index (χ2n) is 2.57. The van der Waals surface area contributed by atoms with Crippen LogP contribution < -0.4 is 10.5 Å². The third-order valence-electron chi connectivity index (χ3n) is 1.48. The van der Waals surface area contributed by atoms with Gasteiger partial charge in [-0.3, -0.25) is 0 Å². The highest BCUT2D eigenvalue weighted by molar-refractivity contribution is 5.95. The van der Waals surface area contributed by atoms with Gasteiger partial charge in [-0.15, -0.1) is 0 Å². The van der Waals surface area contributed by atoms with Gasteiger partial charge in [-0.2, -0.15) is 0 Å². The number of amidine groups is 1. The standard InChI is InChI=1S/C8H9F2N3O2/c9-7(10)4-15-5-1-2-6(12-3-5)8(11)13-14/h1-3,7,14H,4H2,(H2,11,13). The number of pyridine rings is 1. The molecule has 1 aromatic rings. The monoisotopic (exact) mass is 217 g/mol. The molecule has 1 rings (SSSR count). The summed E-state index contributed by atoms with van der Waals surface area (Å²) in [5.74, 6) is 0.0419. The van der Waals surface area contributed by atoms with Crippen molar-refractivity contribution in [2.45, 2.75) is 6.43 Å². The van der Waals surface area contributed by atoms with Gasteiger partial charge in [-0.25, -0.2) is 13.8 Å². The molecule has 7 heteroatoms. The van der Waals surface area contributed by atoms with E-state index in [0.717, 1.165) is 0 Å². The Hall–Kier alpha value is -1.92. The predicted octanol–water partition coefficient (Wildman–Crippen LogP) is 0.820. The number of ether oxygens (including phenoxy) is 1. The predicted molar refractivity (Wildman–Crippen MR) is 48.2 cm³/mol. The van der Waals surface area contributed by atoms with Gasteiger partial charge >= 0.3 is 0 Å². The van der Waals surface area contributed by atoms with E-state index in [1.54, 1.807) is 0 Å². The molecular weight excluding hydrogens is 208 g/mol. The summed E-state index contributed by atoms with van der Waals surface area (Å²) in [5, 5.41) is 11.1. The van der Waals surface area contributed by atoms with Crippen LogP contribution in [0.5, 0.6) is 5.75 Å². The summed E-state index contributed by atoms with van der Waals surface area (Å²) in [6, 6.07) is 2.80. The topological polar surface area (TPSA) is 80.7 Å². The van der Waals surface area contributed by atoms with Gasteiger partial charge in [-0.05, 0) is 12.1 Å². The van der Waals surface area contributed by atoms with E-state index in [4.69, 9.17) is 10.9 Å². The molecule has 1 aromatic heterocycles. The first-order valence-corrected chi connectivity index (χ1v) is 3.98. The number of nitrogens with two attached hydrogens (primary N) is 1. The third-order valence-corrected chi connectivity index (χ3v) is 1.48. The van der Waals surface area contributed by atoms with Crippen LogP contribution in [0.2, 0.25) is 0 Å². The van der Waals surface area contributed by atoms with Gasteiger partial charge < -0.3 is 15.7 Å². The number of halogens is 2. The van der Waals surface area contributed by atoms with Gasteiger partial charge in [0, 0.05) is 0 Å². The number of nitrogens with zero attached hydrogens (tertiary/aromatic N) is 2. The fraction of sp³-hybridized carbons (Fsp3) is 0.250. The lowest BCUT2D eigenvalue weighted by Crippen LogP contribution is -2.15. The molecule has 0 aliphatic rings. The highest BCUT2D eigenvalue weighted by Gasteiger charge is 2.05. The Labute approximate surface area is 84.2 Å². The normalized spacial score (nSPS) is 11.8. The summed E-state index contributed by atoms with van der Waals surface area (Å²) in [6.07, 6.45) is -1.32. The largest absolute Gasteiger partial charge is 0.486 e. The lowest BCUT2D eigenvalue weighted by atomic mass is 10.3. The molecule has 1 heterocycles. The minimum atomic E-state index is -2.53. The molecule has 0 saturated carbocycles. The fourth-order valence-corrected chi connectivity index (χ4v) is 0.828. The van der Waals surface area contributed by atoms with E-state index in [2.05, 4.69) is 14.9 Å². The Kier molecular flexibility index (Phi) is 3.78. The van der Waals surface area contributed by atoms with Gasteiger partial charge in [0.05, 0.1) is 6.20 Å². The third kappa shape index (κ3) is 3.37. The van der Waals surface area contributed by atoms with Gasteiger partial charge in [0.15, 0.2) is 5.84 Å². The SMILES string of the molecule is NC(=NO)c1ccc(OCC(F)F)cn1. The average molecular weight is 217 g/mol. The molecule has 0 radical (unpaired) electrons. The van der Waals surface area contributed by atoms with Crippen molar-refractivity contribution in [3.63, 3.8) is 0 Å². The number of oxime groups is 1. The molecule has 0 fully saturated rings. The molecule has 0 aromatic carbocycles. The molecule has 0 saturated heterocycles.